The van der Waals surface area contributed by atoms with Gasteiger partial charge in [0.2, 0.25) is 10.1 Å². The fraction of sp³-hybridized carbons (Fsp3) is 0.417. The van der Waals surface area contributed by atoms with E-state index in [0.717, 1.165) is 29.7 Å². The quantitative estimate of drug-likeness (QED) is 0.331. The number of sulfone groups is 1. The zero-order valence-corrected chi connectivity index (χ0v) is 21.7. The third-order valence-electron chi connectivity index (χ3n) is 6.18. The first kappa shape index (κ1) is 28.3. The van der Waals surface area contributed by atoms with E-state index >= 15 is 0 Å². The maximum atomic E-state index is 13.8. The number of halogens is 5. The van der Waals surface area contributed by atoms with Crippen LogP contribution in [-0.2, 0) is 34.6 Å². The number of aromatic nitrogens is 2. The van der Waals surface area contributed by atoms with Crippen LogP contribution in [0.3, 0.4) is 0 Å². The molecule has 206 valence electrons. The van der Waals surface area contributed by atoms with Gasteiger partial charge < -0.3 is 15.7 Å². The lowest BCUT2D eigenvalue weighted by Crippen LogP contribution is -2.45. The van der Waals surface area contributed by atoms with Crippen LogP contribution in [0.2, 0.25) is 0 Å². The number of aliphatic hydroxyl groups excluding tert-OH is 1. The molecule has 1 aromatic heterocycles. The van der Waals surface area contributed by atoms with Gasteiger partial charge in [-0.2, -0.15) is 13.2 Å². The Hall–Kier alpha value is -2.68. The van der Waals surface area contributed by atoms with Gasteiger partial charge in [-0.05, 0) is 47.2 Å². The van der Waals surface area contributed by atoms with Gasteiger partial charge in [0, 0.05) is 18.7 Å². The largest absolute Gasteiger partial charge is 0.445 e. The molecule has 7 nitrogen and oxygen atoms in total. The second kappa shape index (κ2) is 11.2. The first-order valence-electron chi connectivity index (χ1n) is 11.7. The van der Waals surface area contributed by atoms with Crippen LogP contribution in [-0.4, -0.2) is 48.2 Å². The Bertz CT molecular complexity index is 1380. The van der Waals surface area contributed by atoms with Crippen molar-refractivity contribution in [2.24, 2.45) is 0 Å². The summed E-state index contributed by atoms with van der Waals surface area (Å²) in [5.41, 5.74) is 2.61. The lowest BCUT2D eigenvalue weighted by Gasteiger charge is -2.30. The standard InChI is InChI=1S/C24H25F5N4O3S2/c1-2-13-3-4-15-11-38(35,36)12-20(18(15)7-13)30-10-21(34)19(8-14-5-16(25)9-17(26)6-14)31-23-33-32-22(37-23)24(27,28)29/h3-7,9,19-21,30,34H,2,8,10-12H2,1H3,(H,31,33). The lowest BCUT2D eigenvalue weighted by atomic mass is 9.97. The van der Waals surface area contributed by atoms with Crippen molar-refractivity contribution in [2.75, 3.05) is 17.6 Å². The van der Waals surface area contributed by atoms with Crippen molar-refractivity contribution in [2.45, 2.75) is 49.9 Å². The Kier molecular flexibility index (Phi) is 8.35. The molecule has 0 spiro atoms. The van der Waals surface area contributed by atoms with Gasteiger partial charge in [-0.25, -0.2) is 17.2 Å². The SMILES string of the molecule is CCc1ccc2c(c1)C(NCC(O)C(Cc1cc(F)cc(F)c1)Nc1nnc(C(F)(F)F)s1)CS(=O)(=O)C2. The smallest absolute Gasteiger partial charge is 0.390 e. The predicted molar refractivity (Wildman–Crippen MR) is 132 cm³/mol. The fourth-order valence-electron chi connectivity index (χ4n) is 4.35. The molecular formula is C24H25F5N4O3S2. The molecule has 1 aliphatic heterocycles. The highest BCUT2D eigenvalue weighted by atomic mass is 32.2. The van der Waals surface area contributed by atoms with Crippen molar-refractivity contribution in [3.05, 3.63) is 75.3 Å². The normalized spacial score (nSPS) is 18.6. The number of nitrogens with one attached hydrogen (secondary N) is 2. The van der Waals surface area contributed by atoms with Crippen LogP contribution in [0.15, 0.2) is 36.4 Å². The molecular weight excluding hydrogens is 551 g/mol. The number of alkyl halides is 3. The summed E-state index contributed by atoms with van der Waals surface area (Å²) >= 11 is 0.226. The van der Waals surface area contributed by atoms with Gasteiger partial charge in [-0.15, -0.1) is 10.2 Å². The van der Waals surface area contributed by atoms with Crippen molar-refractivity contribution >= 4 is 26.3 Å². The highest BCUT2D eigenvalue weighted by molar-refractivity contribution is 7.90. The highest BCUT2D eigenvalue weighted by Crippen LogP contribution is 2.34. The van der Waals surface area contributed by atoms with Gasteiger partial charge >= 0.3 is 6.18 Å². The topological polar surface area (TPSA) is 104 Å². The number of hydrogen-bond donors (Lipinski definition) is 3. The molecule has 0 aliphatic carbocycles. The number of aryl methyl sites for hydroxylation is 1. The number of anilines is 1. The van der Waals surface area contributed by atoms with Gasteiger partial charge in [-0.3, -0.25) is 0 Å². The molecule has 0 saturated heterocycles. The van der Waals surface area contributed by atoms with E-state index in [1.165, 1.54) is 0 Å². The molecule has 2 heterocycles. The summed E-state index contributed by atoms with van der Waals surface area (Å²) < 4.78 is 91.5. The van der Waals surface area contributed by atoms with Crippen LogP contribution in [0.25, 0.3) is 0 Å². The number of aliphatic hydroxyl groups is 1. The van der Waals surface area contributed by atoms with E-state index in [9.17, 15) is 35.5 Å². The number of benzene rings is 2. The zero-order chi connectivity index (χ0) is 27.7. The van der Waals surface area contributed by atoms with Crippen LogP contribution in [0.1, 0.15) is 40.2 Å². The first-order chi connectivity index (χ1) is 17.8. The molecule has 0 fully saturated rings. The average molecular weight is 577 g/mol. The minimum absolute atomic E-state index is 0.0963. The summed E-state index contributed by atoms with van der Waals surface area (Å²) in [5, 5.41) is 21.9. The molecule has 1 aliphatic rings. The molecule has 3 unspecified atom stereocenters. The van der Waals surface area contributed by atoms with Gasteiger partial charge in [0.15, 0.2) is 9.84 Å². The van der Waals surface area contributed by atoms with Crippen LogP contribution >= 0.6 is 11.3 Å². The third kappa shape index (κ3) is 7.04. The molecule has 0 amide bonds. The summed E-state index contributed by atoms with van der Waals surface area (Å²) in [6.45, 7) is 1.80. The van der Waals surface area contributed by atoms with Crippen molar-refractivity contribution in [3.8, 4) is 0 Å². The molecule has 0 saturated carbocycles. The van der Waals surface area contributed by atoms with Crippen molar-refractivity contribution < 1.29 is 35.5 Å². The maximum absolute atomic E-state index is 13.8. The molecule has 3 atom stereocenters. The van der Waals surface area contributed by atoms with Gasteiger partial charge in [0.25, 0.3) is 0 Å². The van der Waals surface area contributed by atoms with Crippen LogP contribution < -0.4 is 10.6 Å². The summed E-state index contributed by atoms with van der Waals surface area (Å²) in [6, 6.07) is 6.66. The van der Waals surface area contributed by atoms with Crippen molar-refractivity contribution in [1.82, 2.24) is 15.5 Å². The molecule has 38 heavy (non-hydrogen) atoms. The number of fused-ring (bicyclic) bond motifs is 1. The number of nitrogens with zero attached hydrogens (tertiary/aromatic N) is 2. The van der Waals surface area contributed by atoms with Gasteiger partial charge in [0.1, 0.15) is 11.6 Å². The second-order valence-electron chi connectivity index (χ2n) is 9.11. The van der Waals surface area contributed by atoms with Gasteiger partial charge in [-0.1, -0.05) is 36.5 Å². The van der Waals surface area contributed by atoms with Crippen LogP contribution in [0.4, 0.5) is 27.1 Å². The van der Waals surface area contributed by atoms with E-state index in [1.54, 1.807) is 6.07 Å². The van der Waals surface area contributed by atoms with E-state index in [-0.39, 0.29) is 46.5 Å². The Labute approximate surface area is 220 Å². The molecule has 4 rings (SSSR count). The first-order valence-corrected chi connectivity index (χ1v) is 14.3. The van der Waals surface area contributed by atoms with Crippen LogP contribution in [0, 0.1) is 11.6 Å². The van der Waals surface area contributed by atoms with Crippen LogP contribution in [0.5, 0.6) is 0 Å². The van der Waals surface area contributed by atoms with Gasteiger partial charge in [0.05, 0.1) is 23.7 Å². The van der Waals surface area contributed by atoms with E-state index in [0.29, 0.717) is 11.6 Å². The Morgan fingerprint density at radius 1 is 1.11 bits per heavy atom. The number of hydrogen-bond acceptors (Lipinski definition) is 8. The predicted octanol–water partition coefficient (Wildman–Crippen LogP) is 4.04. The zero-order valence-electron chi connectivity index (χ0n) is 20.1. The summed E-state index contributed by atoms with van der Waals surface area (Å²) in [5.74, 6) is -1.99. The summed E-state index contributed by atoms with van der Waals surface area (Å²) in [7, 11) is -3.42. The third-order valence-corrected chi connectivity index (χ3v) is 8.67. The Morgan fingerprint density at radius 3 is 2.45 bits per heavy atom. The summed E-state index contributed by atoms with van der Waals surface area (Å²) in [4.78, 5) is 0. The van der Waals surface area contributed by atoms with E-state index in [4.69, 9.17) is 0 Å². The van der Waals surface area contributed by atoms with E-state index in [1.807, 2.05) is 19.1 Å². The molecule has 0 bridgehead atoms. The maximum Gasteiger partial charge on any atom is 0.445 e. The lowest BCUT2D eigenvalue weighted by molar-refractivity contribution is -0.138. The molecule has 0 radical (unpaired) electrons. The van der Waals surface area contributed by atoms with E-state index in [2.05, 4.69) is 20.8 Å². The molecule has 14 heteroatoms. The van der Waals surface area contributed by atoms with E-state index < -0.39 is 50.8 Å². The number of rotatable bonds is 9. The molecule has 3 N–H and O–H groups in total. The summed E-state index contributed by atoms with van der Waals surface area (Å²) in [6.07, 6.45) is -5.46. The average Bonchev–Trinajstić information content (AvgIpc) is 3.30. The molecule has 3 aromatic rings. The molecule has 2 aromatic carbocycles. The highest BCUT2D eigenvalue weighted by Gasteiger charge is 2.36. The minimum atomic E-state index is -4.71. The fourth-order valence-corrected chi connectivity index (χ4v) is 6.69. The van der Waals surface area contributed by atoms with Crippen molar-refractivity contribution in [1.29, 1.82) is 0 Å². The Balaban J connectivity index is 1.56. The minimum Gasteiger partial charge on any atom is -0.390 e. The second-order valence-corrected chi connectivity index (χ2v) is 12.2. The van der Waals surface area contributed by atoms with Crippen molar-refractivity contribution in [3.63, 3.8) is 0 Å². The Morgan fingerprint density at radius 2 is 1.82 bits per heavy atom. The monoisotopic (exact) mass is 576 g/mol.